The predicted molar refractivity (Wildman–Crippen MR) is 206 cm³/mol. The van der Waals surface area contributed by atoms with Crippen LogP contribution in [0.4, 0.5) is 0 Å². The van der Waals surface area contributed by atoms with E-state index in [0.29, 0.717) is 37.0 Å². The predicted octanol–water partition coefficient (Wildman–Crippen LogP) is 5.82. The number of ketones is 1. The Bertz CT molecular complexity index is 1470. The number of allylic oxidation sites excluding steroid dienone is 1. The second-order valence-electron chi connectivity index (χ2n) is 14.4. The molecule has 0 saturated heterocycles. The Morgan fingerprint density at radius 3 is 2.09 bits per heavy atom. The van der Waals surface area contributed by atoms with Crippen molar-refractivity contribution in [3.05, 3.63) is 42.0 Å². The molecule has 0 aromatic heterocycles. The van der Waals surface area contributed by atoms with Crippen LogP contribution >= 0.6 is 0 Å². The van der Waals surface area contributed by atoms with Crippen LogP contribution in [0.2, 0.25) is 0 Å². The number of aliphatic hydroxyl groups is 1. The fourth-order valence-electron chi connectivity index (χ4n) is 5.48. The molecule has 0 radical (unpaired) electrons. The monoisotopic (exact) mass is 771 g/mol. The SMILES string of the molecule is CC#CCOc1ccc(C[C@H](NC(=O)[C@@H](C=CCCCCCCC(=O)CCCCCCC)[C@@](O)(CC(=O)O)C(=O)OC(C)(C)C)C(=O)OCC(=O)OC)cc1. The van der Waals surface area contributed by atoms with Crippen LogP contribution in [0.1, 0.15) is 124 Å². The fraction of sp³-hybridized carbons (Fsp3) is 0.619. The Balaban J connectivity index is 3.25. The molecule has 0 aliphatic rings. The molecule has 0 unspecified atom stereocenters. The molecule has 0 fully saturated rings. The minimum Gasteiger partial charge on any atom is -0.481 e. The zero-order valence-electron chi connectivity index (χ0n) is 33.4. The van der Waals surface area contributed by atoms with Gasteiger partial charge < -0.3 is 34.5 Å². The number of rotatable bonds is 27. The molecular weight excluding hydrogens is 710 g/mol. The quantitative estimate of drug-likeness (QED) is 0.0320. The summed E-state index contributed by atoms with van der Waals surface area (Å²) in [6.45, 7) is 7.83. The minimum absolute atomic E-state index is 0.150. The molecule has 0 saturated carbocycles. The molecule has 1 amide bonds. The third-order valence-corrected chi connectivity index (χ3v) is 8.45. The molecule has 0 aliphatic heterocycles. The van der Waals surface area contributed by atoms with Crippen LogP contribution in [0.15, 0.2) is 36.4 Å². The molecule has 306 valence electrons. The van der Waals surface area contributed by atoms with Crippen molar-refractivity contribution in [3.8, 4) is 17.6 Å². The number of carbonyl (C=O) groups is 6. The van der Waals surface area contributed by atoms with Crippen molar-refractivity contribution in [3.63, 3.8) is 0 Å². The standard InChI is InChI=1S/C42H61NO12/c1-7-9-11-14-17-20-32(44)21-18-15-12-13-16-19-22-34(42(51,29-36(45)46)40(50)55-41(3,4)5)38(48)43-35(39(49)54-30-37(47)52-6)28-31-23-25-33(26-24-31)53-27-10-8-2/h19,22-26,34-35,51H,7,9,11-18,20-21,27-30H2,1-6H3,(H,43,48)(H,45,46)/t34-,35+,42+/m1/s1. The highest BCUT2D eigenvalue weighted by Gasteiger charge is 2.51. The molecule has 55 heavy (non-hydrogen) atoms. The molecule has 0 heterocycles. The number of benzene rings is 1. The van der Waals surface area contributed by atoms with Crippen LogP contribution in [0.25, 0.3) is 0 Å². The van der Waals surface area contributed by atoms with Crippen LogP contribution in [-0.2, 0) is 49.4 Å². The Kier molecular flexibility index (Phi) is 23.0. The van der Waals surface area contributed by atoms with E-state index in [9.17, 15) is 39.0 Å². The summed E-state index contributed by atoms with van der Waals surface area (Å²) in [4.78, 5) is 76.7. The van der Waals surface area contributed by atoms with Gasteiger partial charge in [-0.3, -0.25) is 14.4 Å². The molecule has 3 atom stereocenters. The smallest absolute Gasteiger partial charge is 0.344 e. The van der Waals surface area contributed by atoms with E-state index in [-0.39, 0.29) is 18.8 Å². The molecule has 1 rings (SSSR count). The summed E-state index contributed by atoms with van der Waals surface area (Å²) in [6.07, 6.45) is 11.5. The van der Waals surface area contributed by atoms with E-state index in [1.54, 1.807) is 37.3 Å². The van der Waals surface area contributed by atoms with Gasteiger partial charge in [0.2, 0.25) is 5.91 Å². The number of unbranched alkanes of at least 4 members (excludes halogenated alkanes) is 8. The number of ether oxygens (including phenoxy) is 4. The first-order chi connectivity index (χ1) is 26.1. The highest BCUT2D eigenvalue weighted by atomic mass is 16.6. The van der Waals surface area contributed by atoms with Gasteiger partial charge in [-0.25, -0.2) is 14.4 Å². The average Bonchev–Trinajstić information content (AvgIpc) is 3.12. The number of Topliss-reactive ketones (excluding diaryl/α,β-unsaturated/α-hetero) is 1. The largest absolute Gasteiger partial charge is 0.481 e. The van der Waals surface area contributed by atoms with Crippen LogP contribution in [0.5, 0.6) is 5.75 Å². The maximum Gasteiger partial charge on any atom is 0.344 e. The first-order valence-corrected chi connectivity index (χ1v) is 19.1. The lowest BCUT2D eigenvalue weighted by Gasteiger charge is -2.34. The van der Waals surface area contributed by atoms with E-state index in [1.165, 1.54) is 33.3 Å². The normalized spacial score (nSPS) is 13.4. The number of hydrogen-bond acceptors (Lipinski definition) is 11. The lowest BCUT2D eigenvalue weighted by atomic mass is 9.82. The number of carboxylic acid groups (broad SMARTS) is 1. The van der Waals surface area contributed by atoms with Crippen LogP contribution < -0.4 is 10.1 Å². The molecule has 13 heteroatoms. The van der Waals surface area contributed by atoms with Crippen molar-refractivity contribution in [2.75, 3.05) is 20.3 Å². The second-order valence-corrected chi connectivity index (χ2v) is 14.4. The molecule has 0 spiro atoms. The van der Waals surface area contributed by atoms with Crippen molar-refractivity contribution >= 4 is 35.6 Å². The van der Waals surface area contributed by atoms with Crippen LogP contribution in [0, 0.1) is 17.8 Å². The second kappa shape index (κ2) is 26.2. The number of esters is 3. The highest BCUT2D eigenvalue weighted by Crippen LogP contribution is 2.29. The van der Waals surface area contributed by atoms with E-state index in [0.717, 1.165) is 52.1 Å². The number of methoxy groups -OCH3 is 1. The number of nitrogens with one attached hydrogen (secondary N) is 1. The van der Waals surface area contributed by atoms with Crippen LogP contribution in [-0.4, -0.2) is 83.3 Å². The third kappa shape index (κ3) is 20.5. The maximum absolute atomic E-state index is 14.1. The van der Waals surface area contributed by atoms with Gasteiger partial charge in [0.15, 0.2) is 12.2 Å². The van der Waals surface area contributed by atoms with Crippen molar-refractivity contribution in [2.24, 2.45) is 5.92 Å². The number of carboxylic acids is 1. The topological polar surface area (TPSA) is 192 Å². The van der Waals surface area contributed by atoms with E-state index < -0.39 is 66.0 Å². The van der Waals surface area contributed by atoms with Gasteiger partial charge in [0.25, 0.3) is 0 Å². The van der Waals surface area contributed by atoms with Gasteiger partial charge in [-0.05, 0) is 71.1 Å². The molecule has 3 N–H and O–H groups in total. The zero-order valence-corrected chi connectivity index (χ0v) is 33.4. The lowest BCUT2D eigenvalue weighted by molar-refractivity contribution is -0.187. The first kappa shape index (κ1) is 48.3. The number of carbonyl (C=O) groups excluding carboxylic acids is 5. The summed E-state index contributed by atoms with van der Waals surface area (Å²) in [5.41, 5.74) is -3.48. The Hall–Kier alpha value is -4.70. The summed E-state index contributed by atoms with van der Waals surface area (Å²) >= 11 is 0. The van der Waals surface area contributed by atoms with Gasteiger partial charge in [-0.1, -0.05) is 75.7 Å². The van der Waals surface area contributed by atoms with Gasteiger partial charge in [-0.2, -0.15) is 0 Å². The van der Waals surface area contributed by atoms with Gasteiger partial charge in [0.1, 0.15) is 29.8 Å². The van der Waals surface area contributed by atoms with E-state index in [2.05, 4.69) is 28.8 Å². The number of amides is 1. The summed E-state index contributed by atoms with van der Waals surface area (Å²) < 4.78 is 20.6. The molecule has 0 aliphatic carbocycles. The lowest BCUT2D eigenvalue weighted by Crippen LogP contribution is -2.57. The molecule has 1 aromatic rings. The number of hydrogen-bond donors (Lipinski definition) is 3. The molecular formula is C42H61NO12. The zero-order chi connectivity index (χ0) is 41.3. The summed E-state index contributed by atoms with van der Waals surface area (Å²) in [5, 5.41) is 24.0. The van der Waals surface area contributed by atoms with Gasteiger partial charge in [0, 0.05) is 19.3 Å². The maximum atomic E-state index is 14.1. The summed E-state index contributed by atoms with van der Waals surface area (Å²) in [6, 6.07) is 5.12. The summed E-state index contributed by atoms with van der Waals surface area (Å²) in [7, 11) is 1.11. The Morgan fingerprint density at radius 1 is 0.909 bits per heavy atom. The molecule has 0 bridgehead atoms. The van der Waals surface area contributed by atoms with E-state index in [1.807, 2.05) is 0 Å². The van der Waals surface area contributed by atoms with Gasteiger partial charge in [0.05, 0.1) is 19.4 Å². The summed E-state index contributed by atoms with van der Waals surface area (Å²) in [5.74, 6) is -1.38. The molecule has 1 aromatic carbocycles. The third-order valence-electron chi connectivity index (χ3n) is 8.45. The average molecular weight is 772 g/mol. The van der Waals surface area contributed by atoms with Crippen LogP contribution in [0.3, 0.4) is 0 Å². The molecule has 13 nitrogen and oxygen atoms in total. The Morgan fingerprint density at radius 2 is 1.53 bits per heavy atom. The van der Waals surface area contributed by atoms with Crippen molar-refractivity contribution in [1.29, 1.82) is 0 Å². The fourth-order valence-corrected chi connectivity index (χ4v) is 5.48. The van der Waals surface area contributed by atoms with Crippen molar-refractivity contribution in [2.45, 2.75) is 142 Å². The number of aliphatic carboxylic acids is 1. The van der Waals surface area contributed by atoms with Gasteiger partial charge in [-0.15, -0.1) is 5.92 Å². The first-order valence-electron chi connectivity index (χ1n) is 19.1. The van der Waals surface area contributed by atoms with Crippen molar-refractivity contribution in [1.82, 2.24) is 5.32 Å². The highest BCUT2D eigenvalue weighted by molar-refractivity contribution is 5.95. The van der Waals surface area contributed by atoms with Gasteiger partial charge >= 0.3 is 23.9 Å². The van der Waals surface area contributed by atoms with E-state index in [4.69, 9.17) is 14.2 Å². The van der Waals surface area contributed by atoms with Crippen molar-refractivity contribution < 1.29 is 57.9 Å². The minimum atomic E-state index is -2.88. The Labute approximate surface area is 325 Å². The van der Waals surface area contributed by atoms with E-state index >= 15 is 0 Å².